The van der Waals surface area contributed by atoms with Crippen molar-refractivity contribution in [3.8, 4) is 0 Å². The first-order valence-corrected chi connectivity index (χ1v) is 7.08. The van der Waals surface area contributed by atoms with Crippen LogP contribution in [0.25, 0.3) is 0 Å². The van der Waals surface area contributed by atoms with Gasteiger partial charge < -0.3 is 5.11 Å². The quantitative estimate of drug-likeness (QED) is 0.821. The largest absolute Gasteiger partial charge is 0.480 e. The SMILES string of the molecule is CC(C)Cn1cc(CN[C@@H](C(=O)O)c2ccccc2)cn1. The highest BCUT2D eigenvalue weighted by Crippen LogP contribution is 2.13. The van der Waals surface area contributed by atoms with Crippen molar-refractivity contribution >= 4 is 5.97 Å². The van der Waals surface area contributed by atoms with Gasteiger partial charge in [0.05, 0.1) is 6.20 Å². The van der Waals surface area contributed by atoms with E-state index in [4.69, 9.17) is 0 Å². The van der Waals surface area contributed by atoms with Crippen molar-refractivity contribution in [1.29, 1.82) is 0 Å². The molecule has 1 atom stereocenters. The van der Waals surface area contributed by atoms with Crippen molar-refractivity contribution in [3.05, 3.63) is 53.9 Å². The minimum Gasteiger partial charge on any atom is -0.480 e. The summed E-state index contributed by atoms with van der Waals surface area (Å²) in [5, 5.41) is 16.7. The van der Waals surface area contributed by atoms with Gasteiger partial charge in [-0.25, -0.2) is 0 Å². The Morgan fingerprint density at radius 1 is 1.33 bits per heavy atom. The van der Waals surface area contributed by atoms with Crippen molar-refractivity contribution < 1.29 is 9.90 Å². The van der Waals surface area contributed by atoms with E-state index in [9.17, 15) is 9.90 Å². The molecule has 0 bridgehead atoms. The van der Waals surface area contributed by atoms with Crippen LogP contribution < -0.4 is 5.32 Å². The molecule has 1 aromatic heterocycles. The Morgan fingerprint density at radius 2 is 2.05 bits per heavy atom. The Bertz CT molecular complexity index is 578. The summed E-state index contributed by atoms with van der Waals surface area (Å²) in [5.74, 6) is -0.349. The van der Waals surface area contributed by atoms with E-state index < -0.39 is 12.0 Å². The third-order valence-electron chi connectivity index (χ3n) is 3.13. The molecule has 0 amide bonds. The maximum absolute atomic E-state index is 11.4. The second-order valence-electron chi connectivity index (χ2n) is 5.53. The number of nitrogens with one attached hydrogen (secondary N) is 1. The highest BCUT2D eigenvalue weighted by atomic mass is 16.4. The lowest BCUT2D eigenvalue weighted by molar-refractivity contribution is -0.139. The minimum atomic E-state index is -0.879. The summed E-state index contributed by atoms with van der Waals surface area (Å²) in [7, 11) is 0. The van der Waals surface area contributed by atoms with Crippen molar-refractivity contribution in [2.75, 3.05) is 0 Å². The number of aromatic nitrogens is 2. The number of hydrogen-bond acceptors (Lipinski definition) is 3. The molecule has 2 aromatic rings. The summed E-state index contributed by atoms with van der Waals surface area (Å²) in [5.41, 5.74) is 1.73. The fourth-order valence-electron chi connectivity index (χ4n) is 2.18. The fourth-order valence-corrected chi connectivity index (χ4v) is 2.18. The molecule has 0 unspecified atom stereocenters. The maximum Gasteiger partial charge on any atom is 0.325 e. The van der Waals surface area contributed by atoms with Crippen LogP contribution in [-0.2, 0) is 17.9 Å². The Kier molecular flexibility index (Phi) is 5.11. The van der Waals surface area contributed by atoms with Gasteiger partial charge in [-0.05, 0) is 11.5 Å². The standard InChI is InChI=1S/C16H21N3O2/c1-12(2)10-19-11-13(9-18-19)8-17-15(16(20)21)14-6-4-3-5-7-14/h3-7,9,11-12,15,17H,8,10H2,1-2H3,(H,20,21)/t15-/m1/s1. The molecule has 0 aliphatic heterocycles. The van der Waals surface area contributed by atoms with Crippen molar-refractivity contribution in [2.24, 2.45) is 5.92 Å². The van der Waals surface area contributed by atoms with E-state index in [1.807, 2.05) is 41.2 Å². The second kappa shape index (κ2) is 7.04. The molecular formula is C16H21N3O2. The number of hydrogen-bond donors (Lipinski definition) is 2. The summed E-state index contributed by atoms with van der Waals surface area (Å²) in [6.45, 7) is 5.61. The first-order valence-electron chi connectivity index (χ1n) is 7.08. The molecule has 0 saturated carbocycles. The van der Waals surface area contributed by atoms with Gasteiger partial charge in [0.25, 0.3) is 0 Å². The number of carbonyl (C=O) groups is 1. The Labute approximate surface area is 124 Å². The Hall–Kier alpha value is -2.14. The zero-order valence-electron chi connectivity index (χ0n) is 12.4. The molecule has 0 radical (unpaired) electrons. The van der Waals surface area contributed by atoms with Gasteiger partial charge in [-0.3, -0.25) is 14.8 Å². The molecule has 0 fully saturated rings. The van der Waals surface area contributed by atoms with Gasteiger partial charge in [-0.2, -0.15) is 5.10 Å². The topological polar surface area (TPSA) is 67.2 Å². The van der Waals surface area contributed by atoms with Gasteiger partial charge in [-0.1, -0.05) is 44.2 Å². The van der Waals surface area contributed by atoms with E-state index in [2.05, 4.69) is 24.3 Å². The number of carboxylic acids is 1. The van der Waals surface area contributed by atoms with Crippen LogP contribution in [0.2, 0.25) is 0 Å². The molecule has 2 N–H and O–H groups in total. The molecule has 0 saturated heterocycles. The van der Waals surface area contributed by atoms with Crippen LogP contribution in [0.1, 0.15) is 31.0 Å². The van der Waals surface area contributed by atoms with Gasteiger partial charge in [0.15, 0.2) is 0 Å². The summed E-state index contributed by atoms with van der Waals surface area (Å²) in [6, 6.07) is 8.47. The lowest BCUT2D eigenvalue weighted by Crippen LogP contribution is -2.27. The van der Waals surface area contributed by atoms with Gasteiger partial charge in [-0.15, -0.1) is 0 Å². The molecule has 1 aromatic carbocycles. The first-order chi connectivity index (χ1) is 10.1. The highest BCUT2D eigenvalue weighted by molar-refractivity contribution is 5.75. The van der Waals surface area contributed by atoms with Crippen molar-refractivity contribution in [1.82, 2.24) is 15.1 Å². The zero-order chi connectivity index (χ0) is 15.2. The molecule has 21 heavy (non-hydrogen) atoms. The molecule has 0 aliphatic carbocycles. The second-order valence-corrected chi connectivity index (χ2v) is 5.53. The third-order valence-corrected chi connectivity index (χ3v) is 3.13. The van der Waals surface area contributed by atoms with E-state index in [-0.39, 0.29) is 0 Å². The normalized spacial score (nSPS) is 12.5. The molecule has 0 spiro atoms. The average molecular weight is 287 g/mol. The Balaban J connectivity index is 1.99. The van der Waals surface area contributed by atoms with Gasteiger partial charge in [0.1, 0.15) is 6.04 Å². The molecule has 5 nitrogen and oxygen atoms in total. The van der Waals surface area contributed by atoms with Crippen molar-refractivity contribution in [3.63, 3.8) is 0 Å². The molecule has 5 heteroatoms. The van der Waals surface area contributed by atoms with Crippen LogP contribution in [0.5, 0.6) is 0 Å². The van der Waals surface area contributed by atoms with E-state index in [1.165, 1.54) is 0 Å². The van der Waals surface area contributed by atoms with Crippen LogP contribution in [0.3, 0.4) is 0 Å². The van der Waals surface area contributed by atoms with E-state index in [1.54, 1.807) is 6.20 Å². The molecule has 1 heterocycles. The van der Waals surface area contributed by atoms with Gasteiger partial charge >= 0.3 is 5.97 Å². The third kappa shape index (κ3) is 4.43. The minimum absolute atomic E-state index is 0.476. The van der Waals surface area contributed by atoms with Crippen LogP contribution in [0.4, 0.5) is 0 Å². The summed E-state index contributed by atoms with van der Waals surface area (Å²) < 4.78 is 1.89. The number of benzene rings is 1. The smallest absolute Gasteiger partial charge is 0.325 e. The lowest BCUT2D eigenvalue weighted by atomic mass is 10.1. The Morgan fingerprint density at radius 3 is 2.67 bits per heavy atom. The molecular weight excluding hydrogens is 266 g/mol. The van der Waals surface area contributed by atoms with E-state index >= 15 is 0 Å². The van der Waals surface area contributed by atoms with Crippen LogP contribution in [0.15, 0.2) is 42.7 Å². The fraction of sp³-hybridized carbons (Fsp3) is 0.375. The average Bonchev–Trinajstić information content (AvgIpc) is 2.86. The number of nitrogens with zero attached hydrogens (tertiary/aromatic N) is 2. The first kappa shape index (κ1) is 15.3. The molecule has 112 valence electrons. The molecule has 0 aliphatic rings. The maximum atomic E-state index is 11.4. The zero-order valence-corrected chi connectivity index (χ0v) is 12.4. The number of rotatable bonds is 7. The predicted molar refractivity (Wildman–Crippen MR) is 80.7 cm³/mol. The van der Waals surface area contributed by atoms with Gasteiger partial charge in [0, 0.05) is 24.8 Å². The van der Waals surface area contributed by atoms with E-state index in [0.29, 0.717) is 12.5 Å². The summed E-state index contributed by atoms with van der Waals surface area (Å²) >= 11 is 0. The van der Waals surface area contributed by atoms with Crippen LogP contribution in [-0.4, -0.2) is 20.9 Å². The number of aliphatic carboxylic acids is 1. The van der Waals surface area contributed by atoms with Crippen LogP contribution in [0, 0.1) is 5.92 Å². The summed E-state index contributed by atoms with van der Waals surface area (Å²) in [4.78, 5) is 11.4. The van der Waals surface area contributed by atoms with Crippen LogP contribution >= 0.6 is 0 Å². The lowest BCUT2D eigenvalue weighted by Gasteiger charge is -2.14. The van der Waals surface area contributed by atoms with E-state index in [0.717, 1.165) is 17.7 Å². The predicted octanol–water partition coefficient (Wildman–Crippen LogP) is 2.45. The highest BCUT2D eigenvalue weighted by Gasteiger charge is 2.18. The monoisotopic (exact) mass is 287 g/mol. The molecule has 2 rings (SSSR count). The number of carboxylic acid groups (broad SMARTS) is 1. The van der Waals surface area contributed by atoms with Gasteiger partial charge in [0.2, 0.25) is 0 Å². The van der Waals surface area contributed by atoms with Crippen molar-refractivity contribution in [2.45, 2.75) is 33.0 Å². The summed E-state index contributed by atoms with van der Waals surface area (Å²) in [6.07, 6.45) is 3.73.